The topological polar surface area (TPSA) is 69.6 Å². The summed E-state index contributed by atoms with van der Waals surface area (Å²) in [7, 11) is 0. The molecule has 0 aliphatic carbocycles. The molecule has 0 bridgehead atoms. The molecule has 0 saturated heterocycles. The van der Waals surface area contributed by atoms with Crippen molar-refractivity contribution in [1.82, 2.24) is 19.1 Å². The predicted octanol–water partition coefficient (Wildman–Crippen LogP) is 2.95. The molecule has 2 N–H and O–H groups in total. The quantitative estimate of drug-likeness (QED) is 0.801. The van der Waals surface area contributed by atoms with Crippen LogP contribution in [0.2, 0.25) is 0 Å². The summed E-state index contributed by atoms with van der Waals surface area (Å²) in [6.07, 6.45) is 0. The summed E-state index contributed by atoms with van der Waals surface area (Å²) in [5, 5.41) is 5.64. The SMILES string of the molecule is Cc1nsc(Sc2c(CN)c(C)nn2-c2ccccc2)n1. The molecule has 5 nitrogen and oxygen atoms in total. The Balaban J connectivity index is 2.08. The van der Waals surface area contributed by atoms with Crippen molar-refractivity contribution in [3.63, 3.8) is 0 Å². The Hall–Kier alpha value is -1.70. The average Bonchev–Trinajstić information content (AvgIpc) is 3.04. The molecule has 0 radical (unpaired) electrons. The second kappa shape index (κ2) is 5.97. The minimum Gasteiger partial charge on any atom is -0.326 e. The highest BCUT2D eigenvalue weighted by molar-refractivity contribution is 8.01. The van der Waals surface area contributed by atoms with Crippen LogP contribution in [0, 0.1) is 13.8 Å². The highest BCUT2D eigenvalue weighted by atomic mass is 32.2. The molecule has 2 aromatic heterocycles. The Morgan fingerprint density at radius 3 is 2.62 bits per heavy atom. The van der Waals surface area contributed by atoms with Crippen LogP contribution < -0.4 is 5.73 Å². The summed E-state index contributed by atoms with van der Waals surface area (Å²) in [4.78, 5) is 4.41. The van der Waals surface area contributed by atoms with Crippen molar-refractivity contribution >= 4 is 23.3 Å². The van der Waals surface area contributed by atoms with Crippen LogP contribution in [0.3, 0.4) is 0 Å². The molecule has 2 heterocycles. The Bertz CT molecular complexity index is 748. The molecule has 3 rings (SSSR count). The van der Waals surface area contributed by atoms with Gasteiger partial charge in [-0.2, -0.15) is 9.47 Å². The molecule has 0 aliphatic rings. The Kier molecular flexibility index (Phi) is 4.05. The lowest BCUT2D eigenvalue weighted by atomic mass is 10.3. The molecule has 0 fully saturated rings. The van der Waals surface area contributed by atoms with E-state index in [1.54, 1.807) is 11.8 Å². The number of aryl methyl sites for hydroxylation is 2. The van der Waals surface area contributed by atoms with Crippen LogP contribution >= 0.6 is 23.3 Å². The predicted molar refractivity (Wildman–Crippen MR) is 85.0 cm³/mol. The zero-order valence-electron chi connectivity index (χ0n) is 11.8. The minimum atomic E-state index is 0.457. The van der Waals surface area contributed by atoms with Gasteiger partial charge in [0.05, 0.1) is 11.4 Å². The third-order valence-corrected chi connectivity index (χ3v) is 4.99. The van der Waals surface area contributed by atoms with Gasteiger partial charge in [0.2, 0.25) is 0 Å². The van der Waals surface area contributed by atoms with Crippen molar-refractivity contribution in [3.8, 4) is 5.69 Å². The van der Waals surface area contributed by atoms with Crippen molar-refractivity contribution in [1.29, 1.82) is 0 Å². The maximum absolute atomic E-state index is 5.90. The maximum atomic E-state index is 5.90. The van der Waals surface area contributed by atoms with E-state index in [0.29, 0.717) is 6.54 Å². The lowest BCUT2D eigenvalue weighted by Crippen LogP contribution is -2.01. The number of nitrogens with two attached hydrogens (primary N) is 1. The maximum Gasteiger partial charge on any atom is 0.176 e. The molecule has 0 aliphatic heterocycles. The molecule has 0 spiro atoms. The zero-order chi connectivity index (χ0) is 14.8. The minimum absolute atomic E-state index is 0.457. The first-order valence-electron chi connectivity index (χ1n) is 6.51. The zero-order valence-corrected chi connectivity index (χ0v) is 13.4. The van der Waals surface area contributed by atoms with E-state index in [4.69, 9.17) is 5.73 Å². The summed E-state index contributed by atoms with van der Waals surface area (Å²) >= 11 is 2.96. The van der Waals surface area contributed by atoms with E-state index >= 15 is 0 Å². The van der Waals surface area contributed by atoms with Gasteiger partial charge in [-0.25, -0.2) is 9.67 Å². The van der Waals surface area contributed by atoms with E-state index in [-0.39, 0.29) is 0 Å². The molecule has 7 heteroatoms. The lowest BCUT2D eigenvalue weighted by Gasteiger charge is -2.06. The number of hydrogen-bond donors (Lipinski definition) is 1. The highest BCUT2D eigenvalue weighted by Gasteiger charge is 2.18. The summed E-state index contributed by atoms with van der Waals surface area (Å²) < 4.78 is 7.06. The van der Waals surface area contributed by atoms with Crippen molar-refractivity contribution in [2.24, 2.45) is 5.73 Å². The third-order valence-electron chi connectivity index (χ3n) is 3.04. The number of hydrogen-bond acceptors (Lipinski definition) is 6. The molecule has 0 saturated carbocycles. The first-order valence-corrected chi connectivity index (χ1v) is 8.10. The van der Waals surface area contributed by atoms with Gasteiger partial charge in [0.15, 0.2) is 4.34 Å². The first-order chi connectivity index (χ1) is 10.2. The Morgan fingerprint density at radius 1 is 1.24 bits per heavy atom. The van der Waals surface area contributed by atoms with Crippen molar-refractivity contribution < 1.29 is 0 Å². The Labute approximate surface area is 131 Å². The second-order valence-electron chi connectivity index (χ2n) is 4.53. The molecule has 0 unspecified atom stereocenters. The number of aromatic nitrogens is 4. The number of rotatable bonds is 4. The molecule has 21 heavy (non-hydrogen) atoms. The summed E-state index contributed by atoms with van der Waals surface area (Å²) in [5.41, 5.74) is 8.92. The summed E-state index contributed by atoms with van der Waals surface area (Å²) in [5.74, 6) is 0.791. The molecule has 108 valence electrons. The van der Waals surface area contributed by atoms with E-state index in [9.17, 15) is 0 Å². The van der Waals surface area contributed by atoms with Gasteiger partial charge in [0.25, 0.3) is 0 Å². The van der Waals surface area contributed by atoms with Crippen LogP contribution in [-0.4, -0.2) is 19.1 Å². The van der Waals surface area contributed by atoms with E-state index in [0.717, 1.165) is 32.1 Å². The van der Waals surface area contributed by atoms with E-state index in [1.807, 2.05) is 48.9 Å². The fraction of sp³-hybridized carbons (Fsp3) is 0.214. The highest BCUT2D eigenvalue weighted by Crippen LogP contribution is 2.34. The monoisotopic (exact) mass is 317 g/mol. The first kappa shape index (κ1) is 14.2. The van der Waals surface area contributed by atoms with Gasteiger partial charge in [-0.15, -0.1) is 0 Å². The van der Waals surface area contributed by atoms with Crippen LogP contribution in [0.1, 0.15) is 17.1 Å². The molecule has 1 aromatic carbocycles. The molecule has 3 aromatic rings. The smallest absolute Gasteiger partial charge is 0.176 e. The fourth-order valence-electron chi connectivity index (χ4n) is 2.02. The van der Waals surface area contributed by atoms with E-state index in [2.05, 4.69) is 14.5 Å². The van der Waals surface area contributed by atoms with Gasteiger partial charge < -0.3 is 5.73 Å². The van der Waals surface area contributed by atoms with Crippen molar-refractivity contribution in [3.05, 3.63) is 47.4 Å². The number of nitrogens with zero attached hydrogens (tertiary/aromatic N) is 4. The van der Waals surface area contributed by atoms with Crippen LogP contribution in [-0.2, 0) is 6.54 Å². The van der Waals surface area contributed by atoms with Gasteiger partial charge in [-0.1, -0.05) is 18.2 Å². The summed E-state index contributed by atoms with van der Waals surface area (Å²) in [6.45, 7) is 4.33. The molecular weight excluding hydrogens is 302 g/mol. The van der Waals surface area contributed by atoms with Gasteiger partial charge in [0, 0.05) is 12.1 Å². The molecule has 0 atom stereocenters. The average molecular weight is 317 g/mol. The van der Waals surface area contributed by atoms with Crippen LogP contribution in [0.15, 0.2) is 39.7 Å². The van der Waals surface area contributed by atoms with E-state index in [1.165, 1.54) is 11.5 Å². The largest absolute Gasteiger partial charge is 0.326 e. The van der Waals surface area contributed by atoms with Crippen LogP contribution in [0.4, 0.5) is 0 Å². The van der Waals surface area contributed by atoms with Gasteiger partial charge in [-0.05, 0) is 49.3 Å². The summed E-state index contributed by atoms with van der Waals surface area (Å²) in [6, 6.07) is 10.0. The van der Waals surface area contributed by atoms with Crippen LogP contribution in [0.5, 0.6) is 0 Å². The van der Waals surface area contributed by atoms with Crippen molar-refractivity contribution in [2.45, 2.75) is 29.8 Å². The van der Waals surface area contributed by atoms with Gasteiger partial charge in [0.1, 0.15) is 10.9 Å². The van der Waals surface area contributed by atoms with Gasteiger partial charge >= 0.3 is 0 Å². The van der Waals surface area contributed by atoms with Crippen molar-refractivity contribution in [2.75, 3.05) is 0 Å². The third kappa shape index (κ3) is 2.85. The van der Waals surface area contributed by atoms with Crippen LogP contribution in [0.25, 0.3) is 5.69 Å². The molecule has 0 amide bonds. The van der Waals surface area contributed by atoms with E-state index < -0.39 is 0 Å². The fourth-order valence-corrected chi connectivity index (χ4v) is 3.88. The molecular formula is C14H15N5S2. The second-order valence-corrected chi connectivity index (χ2v) is 6.52. The lowest BCUT2D eigenvalue weighted by molar-refractivity contribution is 0.788. The van der Waals surface area contributed by atoms with Gasteiger partial charge in [-0.3, -0.25) is 0 Å². The standard InChI is InChI=1S/C14H15N5S2/c1-9-12(8-15)13(20-14-16-10(2)18-21-14)19(17-9)11-6-4-3-5-7-11/h3-7H,8,15H2,1-2H3. The Morgan fingerprint density at radius 2 is 2.00 bits per heavy atom. The number of benzene rings is 1. The number of para-hydroxylation sites is 1. The normalized spacial score (nSPS) is 11.0.